The van der Waals surface area contributed by atoms with E-state index in [0.717, 1.165) is 34.5 Å². The molecule has 0 bridgehead atoms. The highest BCUT2D eigenvalue weighted by atomic mass is 19.1. The molecule has 1 saturated heterocycles. The number of halogens is 2. The van der Waals surface area contributed by atoms with Crippen molar-refractivity contribution in [1.82, 2.24) is 10.3 Å². The molecule has 1 fully saturated rings. The maximum Gasteiger partial charge on any atom is 0.161 e. The van der Waals surface area contributed by atoms with Crippen LogP contribution in [0.15, 0.2) is 60.7 Å². The van der Waals surface area contributed by atoms with Gasteiger partial charge in [0.1, 0.15) is 12.4 Å². The number of para-hydroxylation sites is 1. The zero-order valence-corrected chi connectivity index (χ0v) is 22.3. The molecule has 1 aromatic heterocycles. The van der Waals surface area contributed by atoms with Crippen molar-refractivity contribution in [3.63, 3.8) is 0 Å². The Kier molecular flexibility index (Phi) is 9.04. The Morgan fingerprint density at radius 1 is 1.14 bits per heavy atom. The Bertz CT molecular complexity index is 1170. The molecule has 0 unspecified atom stereocenters. The molecule has 200 valence electrons. The maximum absolute atomic E-state index is 15.2. The van der Waals surface area contributed by atoms with Gasteiger partial charge in [0.15, 0.2) is 5.67 Å². The van der Waals surface area contributed by atoms with Gasteiger partial charge < -0.3 is 19.8 Å². The van der Waals surface area contributed by atoms with Crippen LogP contribution >= 0.6 is 0 Å². The number of allylic oxidation sites excluding steroid dienone is 1. The minimum atomic E-state index is -1.35. The number of hydrogen-bond donors (Lipinski definition) is 2. The van der Waals surface area contributed by atoms with E-state index in [1.54, 1.807) is 0 Å². The third-order valence-corrected chi connectivity index (χ3v) is 6.94. The summed E-state index contributed by atoms with van der Waals surface area (Å²) in [6.45, 7) is 11.9. The third kappa shape index (κ3) is 6.79. The molecule has 2 N–H and O–H groups in total. The average Bonchev–Trinajstić information content (AvgIpc) is 3.20. The third-order valence-electron chi connectivity index (χ3n) is 6.94. The maximum atomic E-state index is 15.2. The molecular formula is C31H40F2N2O2. The van der Waals surface area contributed by atoms with E-state index in [-0.39, 0.29) is 38.3 Å². The average molecular weight is 511 g/mol. The Balaban J connectivity index is 1.62. The molecule has 37 heavy (non-hydrogen) atoms. The standard InChI is InChI=1S/C31H40F2N2O2/c1-21(2)16-27-26-8-5-6-9-28(26)35-30(27)29(22(3)17-31(33)19-36-20-31)24-10-12-25(13-11-24)37-18-23(4)34-15-7-14-32/h5-6,8-13,21,23,29,34-35H,3,7,14-20H2,1-2,4H3/t23-,29+/m0/s1. The van der Waals surface area contributed by atoms with Gasteiger partial charge in [-0.15, -0.1) is 0 Å². The summed E-state index contributed by atoms with van der Waals surface area (Å²) in [4.78, 5) is 3.67. The normalized spacial score (nSPS) is 16.5. The van der Waals surface area contributed by atoms with E-state index in [0.29, 0.717) is 25.5 Å². The van der Waals surface area contributed by atoms with Crippen LogP contribution in [0.1, 0.15) is 56.4 Å². The molecule has 1 aliphatic heterocycles. The van der Waals surface area contributed by atoms with Gasteiger partial charge in [-0.25, -0.2) is 4.39 Å². The number of rotatable bonds is 14. The van der Waals surface area contributed by atoms with Crippen LogP contribution in [0.2, 0.25) is 0 Å². The fourth-order valence-corrected chi connectivity index (χ4v) is 5.09. The molecule has 2 atom stereocenters. The molecule has 4 nitrogen and oxygen atoms in total. The van der Waals surface area contributed by atoms with Crippen LogP contribution in [-0.2, 0) is 11.2 Å². The molecule has 0 saturated carbocycles. The number of H-pyrrole nitrogens is 1. The zero-order valence-electron chi connectivity index (χ0n) is 22.3. The molecule has 0 aliphatic carbocycles. The predicted octanol–water partition coefficient (Wildman–Crippen LogP) is 6.90. The second-order valence-corrected chi connectivity index (χ2v) is 10.9. The Hall–Kier alpha value is -2.70. The highest BCUT2D eigenvalue weighted by molar-refractivity contribution is 5.85. The zero-order chi connectivity index (χ0) is 26.4. The first kappa shape index (κ1) is 27.3. The first-order valence-electron chi connectivity index (χ1n) is 13.4. The fraction of sp³-hybridized carbons (Fsp3) is 0.484. The number of fused-ring (bicyclic) bond motifs is 1. The van der Waals surface area contributed by atoms with Crippen molar-refractivity contribution in [3.05, 3.63) is 77.5 Å². The molecular weight excluding hydrogens is 470 g/mol. The van der Waals surface area contributed by atoms with Crippen molar-refractivity contribution in [2.45, 2.75) is 57.7 Å². The lowest BCUT2D eigenvalue weighted by atomic mass is 9.80. The van der Waals surface area contributed by atoms with Crippen LogP contribution in [0.3, 0.4) is 0 Å². The molecule has 4 rings (SSSR count). The van der Waals surface area contributed by atoms with E-state index in [1.165, 1.54) is 10.9 Å². The van der Waals surface area contributed by atoms with Crippen molar-refractivity contribution in [1.29, 1.82) is 0 Å². The molecule has 1 aliphatic rings. The highest BCUT2D eigenvalue weighted by Gasteiger charge is 2.41. The summed E-state index contributed by atoms with van der Waals surface area (Å²) in [6.07, 6.45) is 1.68. The van der Waals surface area contributed by atoms with Gasteiger partial charge in [0, 0.05) is 35.0 Å². The van der Waals surface area contributed by atoms with E-state index >= 15 is 4.39 Å². The SMILES string of the molecule is C=C(CC1(F)COC1)[C@H](c1ccc(OC[C@H](C)NCCCF)cc1)c1[nH]c2ccccc2c1CC(C)C. The van der Waals surface area contributed by atoms with Gasteiger partial charge in [-0.2, -0.15) is 0 Å². The first-order valence-corrected chi connectivity index (χ1v) is 13.4. The van der Waals surface area contributed by atoms with Crippen LogP contribution in [0.25, 0.3) is 10.9 Å². The van der Waals surface area contributed by atoms with E-state index in [9.17, 15) is 4.39 Å². The van der Waals surface area contributed by atoms with Gasteiger partial charge >= 0.3 is 0 Å². The molecule has 0 spiro atoms. The lowest BCUT2D eigenvalue weighted by molar-refractivity contribution is -0.128. The van der Waals surface area contributed by atoms with Crippen LogP contribution in [0.5, 0.6) is 5.75 Å². The van der Waals surface area contributed by atoms with Crippen LogP contribution < -0.4 is 10.1 Å². The number of nitrogens with one attached hydrogen (secondary N) is 2. The summed E-state index contributed by atoms with van der Waals surface area (Å²) in [6, 6.07) is 16.5. The van der Waals surface area contributed by atoms with E-state index < -0.39 is 5.67 Å². The van der Waals surface area contributed by atoms with Crippen molar-refractivity contribution in [2.75, 3.05) is 33.0 Å². The van der Waals surface area contributed by atoms with Crippen LogP contribution in [0, 0.1) is 5.92 Å². The smallest absolute Gasteiger partial charge is 0.161 e. The summed E-state index contributed by atoms with van der Waals surface area (Å²) >= 11 is 0. The summed E-state index contributed by atoms with van der Waals surface area (Å²) in [5.41, 5.74) is 3.97. The van der Waals surface area contributed by atoms with Crippen molar-refractivity contribution in [2.24, 2.45) is 5.92 Å². The number of ether oxygens (including phenoxy) is 2. The summed E-state index contributed by atoms with van der Waals surface area (Å²) in [7, 11) is 0. The summed E-state index contributed by atoms with van der Waals surface area (Å²) in [5.74, 6) is 1.06. The lowest BCUT2D eigenvalue weighted by Gasteiger charge is -2.36. The minimum Gasteiger partial charge on any atom is -0.492 e. The van der Waals surface area contributed by atoms with Gasteiger partial charge in [-0.1, -0.05) is 56.3 Å². The Labute approximate surface area is 219 Å². The Morgan fingerprint density at radius 2 is 1.86 bits per heavy atom. The topological polar surface area (TPSA) is 46.3 Å². The Morgan fingerprint density at radius 3 is 2.51 bits per heavy atom. The highest BCUT2D eigenvalue weighted by Crippen LogP contribution is 2.42. The van der Waals surface area contributed by atoms with Gasteiger partial charge in [-0.05, 0) is 61.6 Å². The van der Waals surface area contributed by atoms with Crippen molar-refractivity contribution >= 4 is 10.9 Å². The number of hydrogen-bond acceptors (Lipinski definition) is 3. The lowest BCUT2D eigenvalue weighted by Crippen LogP contribution is -2.46. The molecule has 0 radical (unpaired) electrons. The summed E-state index contributed by atoms with van der Waals surface area (Å²) in [5, 5.41) is 4.47. The largest absolute Gasteiger partial charge is 0.492 e. The van der Waals surface area contributed by atoms with Crippen molar-refractivity contribution < 1.29 is 18.3 Å². The quantitative estimate of drug-likeness (QED) is 0.183. The van der Waals surface area contributed by atoms with E-state index in [1.807, 2.05) is 25.1 Å². The molecule has 0 amide bonds. The predicted molar refractivity (Wildman–Crippen MR) is 147 cm³/mol. The number of alkyl halides is 2. The summed E-state index contributed by atoms with van der Waals surface area (Å²) < 4.78 is 38.7. The van der Waals surface area contributed by atoms with E-state index in [4.69, 9.17) is 9.47 Å². The fourth-order valence-electron chi connectivity index (χ4n) is 5.09. The number of aromatic amines is 1. The van der Waals surface area contributed by atoms with Gasteiger partial charge in [0.05, 0.1) is 19.9 Å². The first-order chi connectivity index (χ1) is 17.8. The van der Waals surface area contributed by atoms with E-state index in [2.05, 4.69) is 61.1 Å². The van der Waals surface area contributed by atoms with Crippen molar-refractivity contribution in [3.8, 4) is 5.75 Å². The van der Waals surface area contributed by atoms with Crippen LogP contribution in [-0.4, -0.2) is 49.7 Å². The monoisotopic (exact) mass is 510 g/mol. The molecule has 6 heteroatoms. The number of aromatic nitrogens is 1. The molecule has 3 aromatic rings. The van der Waals surface area contributed by atoms with Gasteiger partial charge in [0.2, 0.25) is 0 Å². The molecule has 2 heterocycles. The minimum absolute atomic E-state index is 0.120. The number of benzene rings is 2. The van der Waals surface area contributed by atoms with Gasteiger partial charge in [0.25, 0.3) is 0 Å². The molecule has 2 aromatic carbocycles. The van der Waals surface area contributed by atoms with Gasteiger partial charge in [-0.3, -0.25) is 4.39 Å². The van der Waals surface area contributed by atoms with Crippen LogP contribution in [0.4, 0.5) is 8.78 Å². The second kappa shape index (κ2) is 12.2. The second-order valence-electron chi connectivity index (χ2n) is 10.9.